The lowest BCUT2D eigenvalue weighted by molar-refractivity contribution is 0.0376. The highest BCUT2D eigenvalue weighted by atomic mass is 16.5. The van der Waals surface area contributed by atoms with Crippen molar-refractivity contribution in [2.24, 2.45) is 17.8 Å². The largest absolute Gasteiger partial charge is 0.379 e. The average Bonchev–Trinajstić information content (AvgIpc) is 2.82. The van der Waals surface area contributed by atoms with Gasteiger partial charge in [0.2, 0.25) is 0 Å². The summed E-state index contributed by atoms with van der Waals surface area (Å²) in [4.78, 5) is 6.84. The third-order valence-corrected chi connectivity index (χ3v) is 4.59. The molecule has 136 valence electrons. The number of guanidine groups is 1. The highest BCUT2D eigenvalue weighted by Gasteiger charge is 2.09. The van der Waals surface area contributed by atoms with Gasteiger partial charge in [0.15, 0.2) is 5.96 Å². The minimum absolute atomic E-state index is 0.552. The van der Waals surface area contributed by atoms with Crippen molar-refractivity contribution in [1.29, 1.82) is 0 Å². The Morgan fingerprint density at radius 1 is 1.29 bits per heavy atom. The number of nitrogens with two attached hydrogens (primary N) is 1. The standard InChI is InChI=1S/C17H32N6O/c1-14-16(15(2)22(3)21-14)6-4-7-19-17(18)20-8-5-9-23-10-12-24-13-11-23/h4-13H2,1-3H3,(H3,18,19,20). The number of ether oxygens (including phenoxy) is 1. The molecule has 0 atom stereocenters. The van der Waals surface area contributed by atoms with E-state index in [2.05, 4.69) is 34.2 Å². The lowest BCUT2D eigenvalue weighted by Gasteiger charge is -2.26. The maximum atomic E-state index is 5.93. The first-order chi connectivity index (χ1) is 11.6. The number of nitrogens with zero attached hydrogens (tertiary/aromatic N) is 4. The normalized spacial score (nSPS) is 16.5. The predicted octanol–water partition coefficient (Wildman–Crippen LogP) is 0.596. The monoisotopic (exact) mass is 336 g/mol. The van der Waals surface area contributed by atoms with Crippen LogP contribution < -0.4 is 11.1 Å². The predicted molar refractivity (Wildman–Crippen MR) is 97.4 cm³/mol. The number of rotatable bonds is 8. The number of morpholine rings is 1. The zero-order valence-corrected chi connectivity index (χ0v) is 15.3. The second-order valence-electron chi connectivity index (χ2n) is 6.38. The first kappa shape index (κ1) is 18.7. The van der Waals surface area contributed by atoms with Gasteiger partial charge in [-0.05, 0) is 45.2 Å². The lowest BCUT2D eigenvalue weighted by atomic mass is 10.1. The van der Waals surface area contributed by atoms with Gasteiger partial charge in [-0.2, -0.15) is 5.10 Å². The van der Waals surface area contributed by atoms with Gasteiger partial charge in [-0.15, -0.1) is 0 Å². The van der Waals surface area contributed by atoms with E-state index >= 15 is 0 Å². The van der Waals surface area contributed by atoms with E-state index < -0.39 is 0 Å². The van der Waals surface area contributed by atoms with Crippen molar-refractivity contribution in [3.8, 4) is 0 Å². The highest BCUT2D eigenvalue weighted by Crippen LogP contribution is 2.13. The molecule has 0 amide bonds. The van der Waals surface area contributed by atoms with E-state index in [9.17, 15) is 0 Å². The van der Waals surface area contributed by atoms with Crippen LogP contribution in [-0.2, 0) is 18.2 Å². The van der Waals surface area contributed by atoms with E-state index in [0.717, 1.165) is 70.9 Å². The maximum Gasteiger partial charge on any atom is 0.188 e. The molecule has 0 saturated carbocycles. The fourth-order valence-corrected chi connectivity index (χ4v) is 3.03. The summed E-state index contributed by atoms with van der Waals surface area (Å²) < 4.78 is 7.29. The molecule has 1 aliphatic heterocycles. The van der Waals surface area contributed by atoms with Crippen LogP contribution in [0.3, 0.4) is 0 Å². The zero-order valence-electron chi connectivity index (χ0n) is 15.3. The maximum absolute atomic E-state index is 5.93. The van der Waals surface area contributed by atoms with Gasteiger partial charge < -0.3 is 15.8 Å². The van der Waals surface area contributed by atoms with Crippen molar-refractivity contribution in [3.63, 3.8) is 0 Å². The Kier molecular flexibility index (Phi) is 7.52. The Hall–Kier alpha value is -1.60. The summed E-state index contributed by atoms with van der Waals surface area (Å²) in [5, 5.41) is 7.65. The second kappa shape index (κ2) is 9.64. The summed E-state index contributed by atoms with van der Waals surface area (Å²) in [5.74, 6) is 0.552. The van der Waals surface area contributed by atoms with Gasteiger partial charge in [0, 0.05) is 38.9 Å². The first-order valence-electron chi connectivity index (χ1n) is 8.91. The van der Waals surface area contributed by atoms with Crippen molar-refractivity contribution in [2.75, 3.05) is 45.9 Å². The van der Waals surface area contributed by atoms with Crippen LogP contribution in [-0.4, -0.2) is 66.6 Å². The number of hydrogen-bond acceptors (Lipinski definition) is 4. The molecule has 0 aromatic carbocycles. The first-order valence-corrected chi connectivity index (χ1v) is 8.91. The summed E-state index contributed by atoms with van der Waals surface area (Å²) in [6.45, 7) is 10.7. The molecule has 0 bridgehead atoms. The third-order valence-electron chi connectivity index (χ3n) is 4.59. The SMILES string of the molecule is Cc1nn(C)c(C)c1CCCN=C(N)NCCCN1CCOCC1. The summed E-state index contributed by atoms with van der Waals surface area (Å²) in [7, 11) is 1.99. The van der Waals surface area contributed by atoms with Gasteiger partial charge in [-0.1, -0.05) is 0 Å². The average molecular weight is 336 g/mol. The minimum Gasteiger partial charge on any atom is -0.379 e. The summed E-state index contributed by atoms with van der Waals surface area (Å²) >= 11 is 0. The quantitative estimate of drug-likeness (QED) is 0.413. The molecule has 1 aliphatic rings. The molecule has 0 spiro atoms. The molecule has 24 heavy (non-hydrogen) atoms. The molecule has 1 fully saturated rings. The fourth-order valence-electron chi connectivity index (χ4n) is 3.03. The number of nitrogens with one attached hydrogen (secondary N) is 1. The van der Waals surface area contributed by atoms with E-state index in [1.807, 2.05) is 11.7 Å². The Bertz CT molecular complexity index is 533. The van der Waals surface area contributed by atoms with Crippen LogP contribution in [0.15, 0.2) is 4.99 Å². The van der Waals surface area contributed by atoms with Crippen LogP contribution >= 0.6 is 0 Å². The lowest BCUT2D eigenvalue weighted by Crippen LogP contribution is -2.39. The van der Waals surface area contributed by atoms with Crippen molar-refractivity contribution in [2.45, 2.75) is 33.1 Å². The van der Waals surface area contributed by atoms with Gasteiger partial charge in [0.05, 0.1) is 18.9 Å². The smallest absolute Gasteiger partial charge is 0.188 e. The molecule has 0 aliphatic carbocycles. The van der Waals surface area contributed by atoms with Crippen molar-refractivity contribution >= 4 is 5.96 Å². The van der Waals surface area contributed by atoms with Crippen LogP contribution in [0.25, 0.3) is 0 Å². The van der Waals surface area contributed by atoms with Crippen molar-refractivity contribution in [3.05, 3.63) is 17.0 Å². The topological polar surface area (TPSA) is 80.7 Å². The molecule has 2 heterocycles. The molecule has 1 saturated heterocycles. The molecular formula is C17H32N6O. The van der Waals surface area contributed by atoms with Crippen molar-refractivity contribution in [1.82, 2.24) is 20.0 Å². The Morgan fingerprint density at radius 3 is 2.71 bits per heavy atom. The van der Waals surface area contributed by atoms with Crippen LogP contribution in [0.5, 0.6) is 0 Å². The van der Waals surface area contributed by atoms with E-state index in [1.165, 1.54) is 11.3 Å². The van der Waals surface area contributed by atoms with Crippen molar-refractivity contribution < 1.29 is 4.74 Å². The minimum atomic E-state index is 0.552. The highest BCUT2D eigenvalue weighted by molar-refractivity contribution is 5.77. The Balaban J connectivity index is 1.58. The molecule has 0 radical (unpaired) electrons. The molecule has 7 heteroatoms. The molecular weight excluding hydrogens is 304 g/mol. The van der Waals surface area contributed by atoms with Gasteiger partial charge in [0.1, 0.15) is 0 Å². The Morgan fingerprint density at radius 2 is 2.04 bits per heavy atom. The van der Waals surface area contributed by atoms with Crippen LogP contribution in [0.1, 0.15) is 29.8 Å². The van der Waals surface area contributed by atoms with E-state index in [-0.39, 0.29) is 0 Å². The second-order valence-corrected chi connectivity index (χ2v) is 6.38. The fraction of sp³-hybridized carbons (Fsp3) is 0.765. The molecule has 3 N–H and O–H groups in total. The van der Waals surface area contributed by atoms with Crippen LogP contribution in [0, 0.1) is 13.8 Å². The molecule has 2 rings (SSSR count). The summed E-state index contributed by atoms with van der Waals surface area (Å²) in [6, 6.07) is 0. The number of aromatic nitrogens is 2. The summed E-state index contributed by atoms with van der Waals surface area (Å²) in [5.41, 5.74) is 9.62. The summed E-state index contributed by atoms with van der Waals surface area (Å²) in [6.07, 6.45) is 3.06. The molecule has 7 nitrogen and oxygen atoms in total. The van der Waals surface area contributed by atoms with E-state index in [1.54, 1.807) is 0 Å². The van der Waals surface area contributed by atoms with E-state index in [4.69, 9.17) is 10.5 Å². The molecule has 0 unspecified atom stereocenters. The van der Waals surface area contributed by atoms with Gasteiger partial charge in [-0.25, -0.2) is 0 Å². The van der Waals surface area contributed by atoms with Crippen LogP contribution in [0.4, 0.5) is 0 Å². The number of aryl methyl sites for hydroxylation is 2. The van der Waals surface area contributed by atoms with Crippen LogP contribution in [0.2, 0.25) is 0 Å². The Labute approximate surface area is 145 Å². The third kappa shape index (κ3) is 5.79. The zero-order chi connectivity index (χ0) is 17.4. The number of aliphatic imine (C=N–C) groups is 1. The van der Waals surface area contributed by atoms with Gasteiger partial charge in [0.25, 0.3) is 0 Å². The van der Waals surface area contributed by atoms with E-state index in [0.29, 0.717) is 5.96 Å². The van der Waals surface area contributed by atoms with Gasteiger partial charge >= 0.3 is 0 Å². The molecule has 1 aromatic heterocycles. The molecule has 1 aromatic rings. The number of hydrogen-bond donors (Lipinski definition) is 2. The van der Waals surface area contributed by atoms with Gasteiger partial charge in [-0.3, -0.25) is 14.6 Å².